The van der Waals surface area contributed by atoms with Crippen LogP contribution in [0, 0.1) is 0 Å². The third-order valence-electron chi connectivity index (χ3n) is 9.08. The minimum absolute atomic E-state index is 0.0817. The molecule has 310 valence electrons. The third kappa shape index (κ3) is 41.2. The Morgan fingerprint density at radius 1 is 0.604 bits per heavy atom. The van der Waals surface area contributed by atoms with E-state index in [1.807, 2.05) is 0 Å². The van der Waals surface area contributed by atoms with Crippen LogP contribution in [0.4, 0.5) is 0 Å². The lowest BCUT2D eigenvalue weighted by Crippen LogP contribution is -2.27. The van der Waals surface area contributed by atoms with Gasteiger partial charge in [0.2, 0.25) is 5.91 Å². The number of carbonyl (C=O) groups excluding carboxylic acids is 2. The van der Waals surface area contributed by atoms with Crippen molar-refractivity contribution in [2.45, 2.75) is 200 Å². The molecule has 0 radical (unpaired) electrons. The lowest BCUT2D eigenvalue weighted by Gasteiger charge is -2.15. The van der Waals surface area contributed by atoms with Gasteiger partial charge in [-0.2, -0.15) is 0 Å². The molecule has 0 bridgehead atoms. The number of unbranched alkanes of at least 4 members (excludes halogenated alkanes) is 21. The topological polar surface area (TPSA) is 131 Å². The predicted octanol–water partition coefficient (Wildman–Crippen LogP) is 11.8. The second-order valence-electron chi connectivity index (χ2n) is 14.3. The first kappa shape index (κ1) is 51.2. The number of phosphoric ester groups is 1. The molecule has 0 aromatic heterocycles. The van der Waals surface area contributed by atoms with Gasteiger partial charge in [0.25, 0.3) is 0 Å². The largest absolute Gasteiger partial charge is 0.472 e. The molecule has 2 unspecified atom stereocenters. The normalized spacial score (nSPS) is 13.7. The fourth-order valence-electron chi connectivity index (χ4n) is 5.87. The van der Waals surface area contributed by atoms with E-state index in [2.05, 4.69) is 55.6 Å². The van der Waals surface area contributed by atoms with Crippen LogP contribution in [0.5, 0.6) is 0 Å². The molecule has 0 saturated carbocycles. The summed E-state index contributed by atoms with van der Waals surface area (Å²) < 4.78 is 26.8. The van der Waals surface area contributed by atoms with E-state index in [4.69, 9.17) is 13.8 Å². The maximum atomic E-state index is 12.1. The van der Waals surface area contributed by atoms with Gasteiger partial charge < -0.3 is 20.1 Å². The highest BCUT2D eigenvalue weighted by Crippen LogP contribution is 2.42. The molecule has 0 spiro atoms. The molecule has 9 nitrogen and oxygen atoms in total. The van der Waals surface area contributed by atoms with Crippen LogP contribution in [0.1, 0.15) is 194 Å². The number of carbonyl (C=O) groups is 2. The van der Waals surface area contributed by atoms with E-state index in [1.165, 1.54) is 89.9 Å². The predicted molar refractivity (Wildman–Crippen MR) is 220 cm³/mol. The minimum Gasteiger partial charge on any atom is -0.463 e. The summed E-state index contributed by atoms with van der Waals surface area (Å²) >= 11 is 0. The molecule has 53 heavy (non-hydrogen) atoms. The number of phosphoric acid groups is 1. The zero-order valence-corrected chi connectivity index (χ0v) is 34.9. The molecule has 2 atom stereocenters. The highest BCUT2D eigenvalue weighted by molar-refractivity contribution is 7.47. The SMILES string of the molecule is CC/C=C\C/C=C\C/C=C\CCCCCCCC(=O)OCC(O)COP(=O)(O)OCCNC(=O)CCCCCCCCCCCCCCCCCCC. The van der Waals surface area contributed by atoms with Crippen molar-refractivity contribution in [1.82, 2.24) is 5.32 Å². The van der Waals surface area contributed by atoms with Crippen molar-refractivity contribution in [1.29, 1.82) is 0 Å². The van der Waals surface area contributed by atoms with Crippen molar-refractivity contribution in [2.24, 2.45) is 0 Å². The van der Waals surface area contributed by atoms with E-state index in [-0.39, 0.29) is 32.1 Å². The van der Waals surface area contributed by atoms with E-state index in [9.17, 15) is 24.2 Å². The summed E-state index contributed by atoms with van der Waals surface area (Å²) in [6, 6.07) is 0. The number of esters is 1. The summed E-state index contributed by atoms with van der Waals surface area (Å²) in [7, 11) is -4.42. The van der Waals surface area contributed by atoms with Crippen molar-refractivity contribution >= 4 is 19.7 Å². The summed E-state index contributed by atoms with van der Waals surface area (Å²) in [4.78, 5) is 33.9. The van der Waals surface area contributed by atoms with Gasteiger partial charge in [-0.3, -0.25) is 18.6 Å². The Hall–Kier alpha value is -1.77. The molecule has 0 aromatic carbocycles. The molecule has 10 heteroatoms. The molecular formula is C43H80NO8P. The van der Waals surface area contributed by atoms with Gasteiger partial charge in [-0.15, -0.1) is 0 Å². The Bertz CT molecular complexity index is 970. The number of hydrogen-bond acceptors (Lipinski definition) is 7. The van der Waals surface area contributed by atoms with Crippen LogP contribution in [0.15, 0.2) is 36.5 Å². The average Bonchev–Trinajstić information content (AvgIpc) is 3.14. The van der Waals surface area contributed by atoms with Gasteiger partial charge in [-0.05, 0) is 44.9 Å². The van der Waals surface area contributed by atoms with E-state index < -0.39 is 26.5 Å². The first-order valence-corrected chi connectivity index (χ1v) is 23.0. The van der Waals surface area contributed by atoms with Crippen LogP contribution < -0.4 is 5.32 Å². The molecule has 0 aliphatic heterocycles. The van der Waals surface area contributed by atoms with Gasteiger partial charge in [0.05, 0.1) is 13.2 Å². The van der Waals surface area contributed by atoms with Crippen molar-refractivity contribution in [3.63, 3.8) is 0 Å². The Balaban J connectivity index is 3.60. The number of amides is 1. The van der Waals surface area contributed by atoms with Crippen LogP contribution >= 0.6 is 7.82 Å². The lowest BCUT2D eigenvalue weighted by molar-refractivity contribution is -0.147. The molecule has 0 heterocycles. The maximum absolute atomic E-state index is 12.1. The average molecular weight is 770 g/mol. The highest BCUT2D eigenvalue weighted by Gasteiger charge is 2.23. The Kier molecular flexibility index (Phi) is 38.6. The van der Waals surface area contributed by atoms with Crippen molar-refractivity contribution in [3.8, 4) is 0 Å². The van der Waals surface area contributed by atoms with Gasteiger partial charge >= 0.3 is 13.8 Å². The Labute approximate surface area is 324 Å². The number of rotatable bonds is 40. The first-order chi connectivity index (χ1) is 25.8. The van der Waals surface area contributed by atoms with Crippen molar-refractivity contribution < 1.29 is 37.9 Å². The number of hydrogen-bond donors (Lipinski definition) is 3. The molecule has 0 aromatic rings. The zero-order valence-electron chi connectivity index (χ0n) is 34.0. The third-order valence-corrected chi connectivity index (χ3v) is 10.1. The fraction of sp³-hybridized carbons (Fsp3) is 0.814. The number of aliphatic hydroxyl groups excluding tert-OH is 1. The Morgan fingerprint density at radius 2 is 1.08 bits per heavy atom. The van der Waals surface area contributed by atoms with Gasteiger partial charge in [0.15, 0.2) is 0 Å². The van der Waals surface area contributed by atoms with Crippen LogP contribution in [0.2, 0.25) is 0 Å². The summed E-state index contributed by atoms with van der Waals surface area (Å²) in [6.07, 6.45) is 43.6. The molecule has 1 amide bonds. The summed E-state index contributed by atoms with van der Waals surface area (Å²) in [6.45, 7) is 3.44. The summed E-state index contributed by atoms with van der Waals surface area (Å²) in [5, 5.41) is 12.7. The molecular weight excluding hydrogens is 689 g/mol. The van der Waals surface area contributed by atoms with Crippen LogP contribution in [-0.4, -0.2) is 54.3 Å². The number of allylic oxidation sites excluding steroid dienone is 6. The lowest BCUT2D eigenvalue weighted by atomic mass is 10.0. The smallest absolute Gasteiger partial charge is 0.463 e. The van der Waals surface area contributed by atoms with Crippen molar-refractivity contribution in [3.05, 3.63) is 36.5 Å². The monoisotopic (exact) mass is 770 g/mol. The van der Waals surface area contributed by atoms with Gasteiger partial charge in [-0.25, -0.2) is 4.57 Å². The second kappa shape index (κ2) is 39.9. The first-order valence-electron chi connectivity index (χ1n) is 21.5. The van der Waals surface area contributed by atoms with Gasteiger partial charge in [0, 0.05) is 19.4 Å². The van der Waals surface area contributed by atoms with E-state index in [0.717, 1.165) is 70.6 Å². The fourth-order valence-corrected chi connectivity index (χ4v) is 6.62. The molecule has 0 aliphatic rings. The van der Waals surface area contributed by atoms with Crippen molar-refractivity contribution in [2.75, 3.05) is 26.4 Å². The highest BCUT2D eigenvalue weighted by atomic mass is 31.2. The number of aliphatic hydroxyl groups is 1. The molecule has 0 fully saturated rings. The second-order valence-corrected chi connectivity index (χ2v) is 15.7. The van der Waals surface area contributed by atoms with Gasteiger partial charge in [0.1, 0.15) is 12.7 Å². The molecule has 0 aliphatic carbocycles. The quantitative estimate of drug-likeness (QED) is 0.0243. The van der Waals surface area contributed by atoms with Crippen LogP contribution in [0.3, 0.4) is 0 Å². The molecule has 3 N–H and O–H groups in total. The van der Waals surface area contributed by atoms with Gasteiger partial charge in [-0.1, -0.05) is 172 Å². The molecule has 0 rings (SSSR count). The van der Waals surface area contributed by atoms with Crippen LogP contribution in [0.25, 0.3) is 0 Å². The summed E-state index contributed by atoms with van der Waals surface area (Å²) in [5.74, 6) is -0.530. The zero-order chi connectivity index (χ0) is 38.9. The maximum Gasteiger partial charge on any atom is 0.472 e. The standard InChI is InChI=1S/C43H80NO8P/c1-3-5-7-9-11-13-15-17-19-20-22-23-25-27-29-31-33-35-42(46)44-37-38-51-53(48,49)52-40-41(45)39-50-43(47)36-34-32-30-28-26-24-21-18-16-14-12-10-8-6-4-2/h6,8,12,14,18,21,41,45H,3-5,7,9-11,13,15-17,19-20,22-40H2,1-2H3,(H,44,46)(H,48,49)/b8-6-,14-12-,21-18-. The number of ether oxygens (including phenoxy) is 1. The summed E-state index contributed by atoms with van der Waals surface area (Å²) in [5.41, 5.74) is 0. The number of nitrogens with one attached hydrogen (secondary N) is 1. The minimum atomic E-state index is -4.42. The van der Waals surface area contributed by atoms with E-state index in [0.29, 0.717) is 12.8 Å². The van der Waals surface area contributed by atoms with E-state index in [1.54, 1.807) is 0 Å². The van der Waals surface area contributed by atoms with E-state index >= 15 is 0 Å². The molecule has 0 saturated heterocycles. The Morgan fingerprint density at radius 3 is 1.62 bits per heavy atom. The van der Waals surface area contributed by atoms with Crippen LogP contribution in [-0.2, 0) is 27.9 Å².